The maximum Gasteiger partial charge on any atom is 0.126 e. The fraction of sp³-hybridized carbons (Fsp3) is 0.538. The highest BCUT2D eigenvalue weighted by molar-refractivity contribution is 5.30. The summed E-state index contributed by atoms with van der Waals surface area (Å²) < 4.78 is 13.4. The molecule has 2 unspecified atom stereocenters. The summed E-state index contributed by atoms with van der Waals surface area (Å²) >= 11 is 0. The summed E-state index contributed by atoms with van der Waals surface area (Å²) in [6.07, 6.45) is 0.968. The lowest BCUT2D eigenvalue weighted by Crippen LogP contribution is -2.52. The minimum absolute atomic E-state index is 0.0989. The van der Waals surface area contributed by atoms with E-state index >= 15 is 0 Å². The van der Waals surface area contributed by atoms with Gasteiger partial charge in [-0.25, -0.2) is 4.39 Å². The lowest BCUT2D eigenvalue weighted by molar-refractivity contribution is 0.0982. The van der Waals surface area contributed by atoms with Crippen molar-refractivity contribution in [3.8, 4) is 0 Å². The Hall–Kier alpha value is -0.890. The van der Waals surface area contributed by atoms with Gasteiger partial charge in [0.15, 0.2) is 0 Å². The highest BCUT2D eigenvalue weighted by Crippen LogP contribution is 2.51. The molecule has 82 valence electrons. The van der Waals surface area contributed by atoms with Gasteiger partial charge in [0.05, 0.1) is 0 Å². The molecule has 0 spiro atoms. The van der Waals surface area contributed by atoms with Gasteiger partial charge in [-0.15, -0.1) is 0 Å². The number of nitrogens with two attached hydrogens (primary N) is 1. The van der Waals surface area contributed by atoms with Crippen LogP contribution in [-0.4, -0.2) is 6.04 Å². The van der Waals surface area contributed by atoms with Crippen LogP contribution < -0.4 is 5.73 Å². The van der Waals surface area contributed by atoms with Crippen molar-refractivity contribution in [2.45, 2.75) is 39.2 Å². The van der Waals surface area contributed by atoms with Gasteiger partial charge < -0.3 is 5.73 Å². The van der Waals surface area contributed by atoms with Crippen molar-refractivity contribution in [3.63, 3.8) is 0 Å². The molecule has 2 N–H and O–H groups in total. The van der Waals surface area contributed by atoms with Crippen LogP contribution in [0.4, 0.5) is 4.39 Å². The third-order valence-corrected chi connectivity index (χ3v) is 3.94. The van der Waals surface area contributed by atoms with E-state index in [2.05, 4.69) is 13.8 Å². The summed E-state index contributed by atoms with van der Waals surface area (Å²) in [5.41, 5.74) is 7.85. The number of rotatable bonds is 1. The van der Waals surface area contributed by atoms with Crippen LogP contribution in [0, 0.1) is 18.2 Å². The molecule has 0 radical (unpaired) electrons. The van der Waals surface area contributed by atoms with Crippen LogP contribution in [0.5, 0.6) is 0 Å². The zero-order valence-corrected chi connectivity index (χ0v) is 9.55. The summed E-state index contributed by atoms with van der Waals surface area (Å²) in [6.45, 7) is 6.10. The maximum atomic E-state index is 13.4. The second-order valence-electron chi connectivity index (χ2n) is 5.22. The van der Waals surface area contributed by atoms with Crippen molar-refractivity contribution in [3.05, 3.63) is 35.1 Å². The molecule has 2 heteroatoms. The Morgan fingerprint density at radius 3 is 2.53 bits per heavy atom. The first-order valence-corrected chi connectivity index (χ1v) is 5.44. The van der Waals surface area contributed by atoms with Gasteiger partial charge in [0, 0.05) is 6.04 Å². The Bertz CT molecular complexity index is 384. The highest BCUT2D eigenvalue weighted by Gasteiger charge is 2.46. The lowest BCUT2D eigenvalue weighted by Gasteiger charge is -2.50. The van der Waals surface area contributed by atoms with Gasteiger partial charge in [0.1, 0.15) is 5.82 Å². The molecule has 2 atom stereocenters. The molecule has 1 aromatic rings. The maximum absolute atomic E-state index is 13.4. The fourth-order valence-electron chi connectivity index (χ4n) is 2.35. The summed E-state index contributed by atoms with van der Waals surface area (Å²) in [5.74, 6) is 0.298. The Kier molecular flexibility index (Phi) is 2.34. The van der Waals surface area contributed by atoms with E-state index in [1.165, 1.54) is 0 Å². The molecular formula is C13H18FN. The van der Waals surface area contributed by atoms with Crippen LogP contribution in [0.15, 0.2) is 18.2 Å². The standard InChI is InChI=1S/C13H18FN/c1-8-4-5-9(6-11(8)14)10-7-12(15)13(10,2)3/h4-6,10,12H,7,15H2,1-3H3. The minimum atomic E-state index is -0.108. The third-order valence-electron chi connectivity index (χ3n) is 3.94. The SMILES string of the molecule is Cc1ccc(C2CC(N)C2(C)C)cc1F. The molecule has 0 aromatic heterocycles. The Morgan fingerprint density at radius 2 is 2.07 bits per heavy atom. The number of benzene rings is 1. The van der Waals surface area contributed by atoms with Gasteiger partial charge in [-0.1, -0.05) is 26.0 Å². The average molecular weight is 207 g/mol. The summed E-state index contributed by atoms with van der Waals surface area (Å²) in [4.78, 5) is 0. The fourth-order valence-corrected chi connectivity index (χ4v) is 2.35. The van der Waals surface area contributed by atoms with Gasteiger partial charge in [-0.3, -0.25) is 0 Å². The van der Waals surface area contributed by atoms with Gasteiger partial charge in [-0.2, -0.15) is 0 Å². The summed E-state index contributed by atoms with van der Waals surface area (Å²) in [7, 11) is 0. The second-order valence-corrected chi connectivity index (χ2v) is 5.22. The van der Waals surface area contributed by atoms with Crippen molar-refractivity contribution in [2.75, 3.05) is 0 Å². The second kappa shape index (κ2) is 3.31. The molecule has 1 fully saturated rings. The normalized spacial score (nSPS) is 28.6. The molecule has 1 aliphatic carbocycles. The Labute approximate surface area is 90.5 Å². The lowest BCUT2D eigenvalue weighted by atomic mass is 9.57. The van der Waals surface area contributed by atoms with Crippen molar-refractivity contribution < 1.29 is 4.39 Å². The van der Waals surface area contributed by atoms with E-state index in [4.69, 9.17) is 5.73 Å². The third kappa shape index (κ3) is 1.57. The van der Waals surface area contributed by atoms with E-state index in [1.54, 1.807) is 13.0 Å². The van der Waals surface area contributed by atoms with Crippen LogP contribution in [0.1, 0.15) is 37.3 Å². The molecule has 0 bridgehead atoms. The molecule has 1 aliphatic rings. The summed E-state index contributed by atoms with van der Waals surface area (Å²) in [6, 6.07) is 5.78. The number of aryl methyl sites for hydroxylation is 1. The Balaban J connectivity index is 2.29. The van der Waals surface area contributed by atoms with Gasteiger partial charge in [0.2, 0.25) is 0 Å². The van der Waals surface area contributed by atoms with Gasteiger partial charge >= 0.3 is 0 Å². The molecule has 1 nitrogen and oxygen atoms in total. The van der Waals surface area contributed by atoms with Gasteiger partial charge in [-0.05, 0) is 41.9 Å². The van der Waals surface area contributed by atoms with E-state index in [9.17, 15) is 4.39 Å². The minimum Gasteiger partial charge on any atom is -0.327 e. The Morgan fingerprint density at radius 1 is 1.40 bits per heavy atom. The molecule has 2 rings (SSSR count). The van der Waals surface area contributed by atoms with Crippen LogP contribution in [-0.2, 0) is 0 Å². The average Bonchev–Trinajstić information content (AvgIpc) is 2.19. The van der Waals surface area contributed by atoms with Crippen LogP contribution >= 0.6 is 0 Å². The number of hydrogen-bond acceptors (Lipinski definition) is 1. The summed E-state index contributed by atoms with van der Waals surface area (Å²) in [5, 5.41) is 0. The van der Waals surface area contributed by atoms with Crippen molar-refractivity contribution in [1.82, 2.24) is 0 Å². The monoisotopic (exact) mass is 207 g/mol. The quantitative estimate of drug-likeness (QED) is 0.752. The van der Waals surface area contributed by atoms with Crippen LogP contribution in [0.3, 0.4) is 0 Å². The number of hydrogen-bond donors (Lipinski definition) is 1. The van der Waals surface area contributed by atoms with E-state index in [0.29, 0.717) is 11.5 Å². The van der Waals surface area contributed by atoms with Gasteiger partial charge in [0.25, 0.3) is 0 Å². The van der Waals surface area contributed by atoms with Crippen molar-refractivity contribution in [1.29, 1.82) is 0 Å². The zero-order valence-electron chi connectivity index (χ0n) is 9.55. The molecule has 0 aliphatic heterocycles. The molecule has 0 saturated heterocycles. The van der Waals surface area contributed by atoms with Crippen molar-refractivity contribution in [2.24, 2.45) is 11.1 Å². The molecular weight excluding hydrogens is 189 g/mol. The first-order valence-electron chi connectivity index (χ1n) is 5.44. The topological polar surface area (TPSA) is 26.0 Å². The first kappa shape index (κ1) is 10.6. The number of halogens is 1. The molecule has 1 saturated carbocycles. The van der Waals surface area contributed by atoms with Crippen LogP contribution in [0.25, 0.3) is 0 Å². The smallest absolute Gasteiger partial charge is 0.126 e. The predicted molar refractivity (Wildman–Crippen MR) is 60.3 cm³/mol. The zero-order chi connectivity index (χ0) is 11.2. The van der Waals surface area contributed by atoms with Crippen molar-refractivity contribution >= 4 is 0 Å². The highest BCUT2D eigenvalue weighted by atomic mass is 19.1. The predicted octanol–water partition coefficient (Wildman–Crippen LogP) is 2.97. The molecule has 0 heterocycles. The molecule has 15 heavy (non-hydrogen) atoms. The van der Waals surface area contributed by atoms with E-state index in [1.807, 2.05) is 12.1 Å². The molecule has 1 aromatic carbocycles. The first-order chi connectivity index (χ1) is 6.93. The van der Waals surface area contributed by atoms with E-state index in [-0.39, 0.29) is 17.3 Å². The van der Waals surface area contributed by atoms with Crippen LogP contribution in [0.2, 0.25) is 0 Å². The largest absolute Gasteiger partial charge is 0.327 e. The van der Waals surface area contributed by atoms with E-state index < -0.39 is 0 Å². The van der Waals surface area contributed by atoms with E-state index in [0.717, 1.165) is 12.0 Å². The molecule has 0 amide bonds.